The summed E-state index contributed by atoms with van der Waals surface area (Å²) in [5.74, 6) is 0.690. The van der Waals surface area contributed by atoms with Crippen molar-refractivity contribution in [3.05, 3.63) is 47.4 Å². The van der Waals surface area contributed by atoms with Crippen molar-refractivity contribution < 1.29 is 17.2 Å². The first kappa shape index (κ1) is 14.7. The Morgan fingerprint density at radius 3 is 2.70 bits per heavy atom. The van der Waals surface area contributed by atoms with Gasteiger partial charge in [-0.1, -0.05) is 0 Å². The van der Waals surface area contributed by atoms with E-state index in [1.54, 1.807) is 20.0 Å². The predicted molar refractivity (Wildman–Crippen MR) is 71.3 cm³/mol. The average Bonchev–Trinajstić information content (AvgIpc) is 2.74. The number of oxazole rings is 1. The summed E-state index contributed by atoms with van der Waals surface area (Å²) >= 11 is 0. The first-order chi connectivity index (χ1) is 9.38. The molecule has 1 aromatic carbocycles. The predicted octanol–water partition coefficient (Wildman–Crippen LogP) is 1.95. The van der Waals surface area contributed by atoms with E-state index in [0.717, 1.165) is 6.07 Å². The van der Waals surface area contributed by atoms with E-state index in [-0.39, 0.29) is 11.4 Å². The number of hydrogen-bond acceptors (Lipinski definition) is 4. The zero-order chi connectivity index (χ0) is 14.8. The van der Waals surface area contributed by atoms with Gasteiger partial charge in [0.2, 0.25) is 10.0 Å². The Balaban J connectivity index is 2.04. The van der Waals surface area contributed by atoms with Crippen molar-refractivity contribution in [1.29, 1.82) is 0 Å². The van der Waals surface area contributed by atoms with Crippen LogP contribution in [0.25, 0.3) is 0 Å². The van der Waals surface area contributed by atoms with Crippen molar-refractivity contribution in [2.75, 3.05) is 6.54 Å². The van der Waals surface area contributed by atoms with Crippen LogP contribution in [0.5, 0.6) is 0 Å². The molecular weight excluding hydrogens is 283 g/mol. The van der Waals surface area contributed by atoms with Gasteiger partial charge in [0, 0.05) is 13.0 Å². The number of halogens is 1. The molecule has 0 fully saturated rings. The van der Waals surface area contributed by atoms with E-state index < -0.39 is 15.8 Å². The van der Waals surface area contributed by atoms with Gasteiger partial charge in [-0.3, -0.25) is 0 Å². The van der Waals surface area contributed by atoms with Crippen LogP contribution in [0.2, 0.25) is 0 Å². The molecule has 0 radical (unpaired) electrons. The summed E-state index contributed by atoms with van der Waals surface area (Å²) in [7, 11) is -3.66. The molecule has 1 aromatic heterocycles. The molecule has 2 aromatic rings. The lowest BCUT2D eigenvalue weighted by Gasteiger charge is -2.08. The zero-order valence-corrected chi connectivity index (χ0v) is 12.0. The number of nitrogens with one attached hydrogen (secondary N) is 1. The highest BCUT2D eigenvalue weighted by atomic mass is 32.2. The van der Waals surface area contributed by atoms with Gasteiger partial charge in [-0.05, 0) is 37.6 Å². The third-order valence-corrected chi connectivity index (χ3v) is 4.35. The molecule has 20 heavy (non-hydrogen) atoms. The van der Waals surface area contributed by atoms with Crippen LogP contribution < -0.4 is 4.72 Å². The van der Waals surface area contributed by atoms with Crippen molar-refractivity contribution in [2.45, 2.75) is 25.2 Å². The van der Waals surface area contributed by atoms with Crippen molar-refractivity contribution in [2.24, 2.45) is 0 Å². The number of aryl methyl sites for hydroxylation is 2. The van der Waals surface area contributed by atoms with Crippen molar-refractivity contribution in [3.8, 4) is 0 Å². The third-order valence-electron chi connectivity index (χ3n) is 2.73. The lowest BCUT2D eigenvalue weighted by Crippen LogP contribution is -2.26. The number of aromatic nitrogens is 1. The summed E-state index contributed by atoms with van der Waals surface area (Å²) < 4.78 is 44.8. The van der Waals surface area contributed by atoms with Gasteiger partial charge < -0.3 is 4.42 Å². The van der Waals surface area contributed by atoms with Crippen LogP contribution in [0.1, 0.15) is 17.2 Å². The summed E-state index contributed by atoms with van der Waals surface area (Å²) in [6, 6.07) is 3.56. The van der Waals surface area contributed by atoms with Crippen LogP contribution in [-0.4, -0.2) is 19.9 Å². The van der Waals surface area contributed by atoms with E-state index >= 15 is 0 Å². The number of sulfonamides is 1. The van der Waals surface area contributed by atoms with Crippen LogP contribution in [0.3, 0.4) is 0 Å². The van der Waals surface area contributed by atoms with Crippen molar-refractivity contribution in [3.63, 3.8) is 0 Å². The number of rotatable bonds is 5. The highest BCUT2D eigenvalue weighted by molar-refractivity contribution is 7.89. The maximum absolute atomic E-state index is 13.0. The Hall–Kier alpha value is -1.73. The number of nitrogens with zero attached hydrogens (tertiary/aromatic N) is 1. The smallest absolute Gasteiger partial charge is 0.240 e. The molecule has 0 saturated carbocycles. The van der Waals surface area contributed by atoms with Gasteiger partial charge in [-0.15, -0.1) is 0 Å². The minimum Gasteiger partial charge on any atom is -0.446 e. The summed E-state index contributed by atoms with van der Waals surface area (Å²) in [5.41, 5.74) is 0.365. The second-order valence-electron chi connectivity index (χ2n) is 4.42. The fraction of sp³-hybridized carbons (Fsp3) is 0.308. The first-order valence-electron chi connectivity index (χ1n) is 6.05. The summed E-state index contributed by atoms with van der Waals surface area (Å²) in [5, 5.41) is 0. The maximum atomic E-state index is 13.0. The molecule has 2 rings (SSSR count). The van der Waals surface area contributed by atoms with Crippen molar-refractivity contribution >= 4 is 10.0 Å². The lowest BCUT2D eigenvalue weighted by atomic mass is 10.2. The Morgan fingerprint density at radius 1 is 1.35 bits per heavy atom. The molecule has 0 spiro atoms. The van der Waals surface area contributed by atoms with E-state index in [0.29, 0.717) is 23.6 Å². The molecule has 0 aliphatic rings. The highest BCUT2D eigenvalue weighted by Crippen LogP contribution is 2.15. The number of benzene rings is 1. The van der Waals surface area contributed by atoms with Gasteiger partial charge in [0.05, 0.1) is 11.1 Å². The van der Waals surface area contributed by atoms with Gasteiger partial charge >= 0.3 is 0 Å². The molecule has 7 heteroatoms. The summed E-state index contributed by atoms with van der Waals surface area (Å²) in [6.45, 7) is 3.48. The molecule has 0 aliphatic carbocycles. The Morgan fingerprint density at radius 2 is 2.10 bits per heavy atom. The minimum absolute atomic E-state index is 0.0717. The van der Waals surface area contributed by atoms with E-state index in [4.69, 9.17) is 4.42 Å². The normalized spacial score (nSPS) is 11.8. The average molecular weight is 298 g/mol. The van der Waals surface area contributed by atoms with Gasteiger partial charge in [0.1, 0.15) is 11.6 Å². The van der Waals surface area contributed by atoms with Crippen LogP contribution in [0, 0.1) is 19.7 Å². The molecule has 0 bridgehead atoms. The Bertz CT molecular complexity index is 710. The Labute approximate surface area is 116 Å². The molecule has 0 saturated heterocycles. The van der Waals surface area contributed by atoms with Gasteiger partial charge in [-0.2, -0.15) is 0 Å². The van der Waals surface area contributed by atoms with Gasteiger partial charge in [0.15, 0.2) is 5.89 Å². The van der Waals surface area contributed by atoms with E-state index in [1.165, 1.54) is 12.1 Å². The van der Waals surface area contributed by atoms with Crippen LogP contribution in [-0.2, 0) is 16.4 Å². The third kappa shape index (κ3) is 3.43. The molecule has 0 amide bonds. The molecule has 0 unspecified atom stereocenters. The quantitative estimate of drug-likeness (QED) is 0.915. The van der Waals surface area contributed by atoms with E-state index in [2.05, 4.69) is 9.71 Å². The largest absolute Gasteiger partial charge is 0.446 e. The highest BCUT2D eigenvalue weighted by Gasteiger charge is 2.16. The number of hydrogen-bond donors (Lipinski definition) is 1. The zero-order valence-electron chi connectivity index (χ0n) is 11.2. The minimum atomic E-state index is -3.66. The van der Waals surface area contributed by atoms with E-state index in [1.807, 2.05) is 0 Å². The maximum Gasteiger partial charge on any atom is 0.240 e. The lowest BCUT2D eigenvalue weighted by molar-refractivity contribution is 0.469. The van der Waals surface area contributed by atoms with Crippen LogP contribution in [0.4, 0.5) is 4.39 Å². The molecule has 108 valence electrons. The molecule has 0 aliphatic heterocycles. The first-order valence-corrected chi connectivity index (χ1v) is 7.54. The fourth-order valence-corrected chi connectivity index (χ4v) is 3.06. The van der Waals surface area contributed by atoms with Gasteiger partial charge in [-0.25, -0.2) is 22.5 Å². The standard InChI is InChI=1S/C13H15FN2O3S/c1-9-7-11(14)3-4-12(9)20(17,18)16-6-5-13-15-8-10(2)19-13/h3-4,7-8,16H,5-6H2,1-2H3. The second kappa shape index (κ2) is 5.72. The molecule has 1 heterocycles. The Kier molecular flexibility index (Phi) is 4.20. The summed E-state index contributed by atoms with van der Waals surface area (Å²) in [6.07, 6.45) is 1.93. The molecule has 0 atom stereocenters. The SMILES string of the molecule is Cc1cnc(CCNS(=O)(=O)c2ccc(F)cc2C)o1. The monoisotopic (exact) mass is 298 g/mol. The van der Waals surface area contributed by atoms with Crippen molar-refractivity contribution in [1.82, 2.24) is 9.71 Å². The van der Waals surface area contributed by atoms with Gasteiger partial charge in [0.25, 0.3) is 0 Å². The fourth-order valence-electron chi connectivity index (χ4n) is 1.80. The summed E-state index contributed by atoms with van der Waals surface area (Å²) in [4.78, 5) is 4.06. The van der Waals surface area contributed by atoms with Crippen LogP contribution >= 0.6 is 0 Å². The topological polar surface area (TPSA) is 72.2 Å². The molecular formula is C13H15FN2O3S. The molecule has 1 N–H and O–H groups in total. The second-order valence-corrected chi connectivity index (χ2v) is 6.16. The van der Waals surface area contributed by atoms with Crippen LogP contribution in [0.15, 0.2) is 33.7 Å². The molecule has 5 nitrogen and oxygen atoms in total. The van der Waals surface area contributed by atoms with E-state index in [9.17, 15) is 12.8 Å².